The molecule has 14 heteroatoms. The number of carbonyl (C=O) groups is 1. The molecule has 210 valence electrons. The number of hydrogen-bond acceptors (Lipinski definition) is 6. The van der Waals surface area contributed by atoms with E-state index in [1.807, 2.05) is 0 Å². The van der Waals surface area contributed by atoms with Gasteiger partial charge in [-0.1, -0.05) is 29.4 Å². The zero-order chi connectivity index (χ0) is 32.4. The lowest BCUT2D eigenvalue weighted by molar-refractivity contribution is 0.0940. The van der Waals surface area contributed by atoms with Gasteiger partial charge in [0.05, 0.1) is 17.6 Å². The van der Waals surface area contributed by atoms with Crippen molar-refractivity contribution in [2.24, 2.45) is 7.05 Å². The predicted molar refractivity (Wildman–Crippen MR) is 177 cm³/mol. The summed E-state index contributed by atoms with van der Waals surface area (Å²) >= 11 is 0. The molecule has 5 rings (SSSR count). The highest BCUT2D eigenvalue weighted by Crippen LogP contribution is 2.23. The first-order chi connectivity index (χ1) is 21.5. The zero-order valence-corrected chi connectivity index (χ0v) is 24.4. The van der Waals surface area contributed by atoms with E-state index in [9.17, 15) is 9.59 Å². The van der Waals surface area contributed by atoms with Gasteiger partial charge in [0.15, 0.2) is 11.5 Å². The maximum atomic E-state index is 14.3. The maximum Gasteiger partial charge on any atom is 0.260 e. The number of aryl methyl sites for hydroxylation is 1. The normalized spacial score (nSPS) is 12.9. The van der Waals surface area contributed by atoms with Crippen LogP contribution in [-0.4, -0.2) is 66.2 Å². The Hall–Kier alpha value is -5.61. The summed E-state index contributed by atoms with van der Waals surface area (Å²) in [5.74, 6) is 7.81. The number of terminal acetylenes is 1. The van der Waals surface area contributed by atoms with Crippen LogP contribution in [0.25, 0.3) is 16.4 Å². The Morgan fingerprint density at radius 3 is 2.60 bits per heavy atom. The van der Waals surface area contributed by atoms with Crippen molar-refractivity contribution < 1.29 is 4.79 Å². The molecule has 0 aliphatic rings. The number of amides is 1. The highest BCUT2D eigenvalue weighted by Gasteiger charge is 2.23. The zero-order valence-electron chi connectivity index (χ0n) is 24.4. The SMILES string of the molecule is [B]/C(C#C)=C([B])/C([B])=C(/[B])Cn1c(C(C)NC(=O)c2c(N)nn3cccnc23)cc2cccc(C#Cc3ccnn3C)c2c1=O. The summed E-state index contributed by atoms with van der Waals surface area (Å²) in [4.78, 5) is 32.0. The molecule has 45 heavy (non-hydrogen) atoms. The first-order valence-corrected chi connectivity index (χ1v) is 13.5. The quantitative estimate of drug-likeness (QED) is 0.175. The first kappa shape index (κ1) is 30.8. The molecule has 10 nitrogen and oxygen atoms in total. The molecule has 8 radical (unpaired) electrons. The van der Waals surface area contributed by atoms with Gasteiger partial charge in [-0.05, 0) is 42.5 Å². The van der Waals surface area contributed by atoms with Gasteiger partial charge in [-0.25, -0.2) is 9.50 Å². The number of hydrogen-bond donors (Lipinski definition) is 2. The second kappa shape index (κ2) is 12.6. The minimum atomic E-state index is -0.741. The Balaban J connectivity index is 1.66. The van der Waals surface area contributed by atoms with Gasteiger partial charge in [-0.15, -0.1) is 27.9 Å². The van der Waals surface area contributed by atoms with E-state index in [-0.39, 0.29) is 45.5 Å². The summed E-state index contributed by atoms with van der Waals surface area (Å²) in [5.41, 5.74) is 7.31. The van der Waals surface area contributed by atoms with Gasteiger partial charge in [0, 0.05) is 37.2 Å². The molecule has 1 atom stereocenters. The minimum Gasteiger partial charge on any atom is -0.381 e. The molecule has 4 aromatic heterocycles. The fourth-order valence-corrected chi connectivity index (χ4v) is 4.79. The van der Waals surface area contributed by atoms with Crippen molar-refractivity contribution in [1.29, 1.82) is 0 Å². The number of pyridine rings is 1. The molecule has 0 saturated carbocycles. The van der Waals surface area contributed by atoms with Gasteiger partial charge in [0.1, 0.15) is 42.6 Å². The van der Waals surface area contributed by atoms with Crippen LogP contribution in [0.4, 0.5) is 5.82 Å². The number of nitrogens with zero attached hydrogens (tertiary/aromatic N) is 6. The van der Waals surface area contributed by atoms with E-state index in [1.54, 1.807) is 67.4 Å². The molecular formula is C31H22B4N8O2. The van der Waals surface area contributed by atoms with Gasteiger partial charge in [-0.3, -0.25) is 14.3 Å². The van der Waals surface area contributed by atoms with Crippen LogP contribution in [0.5, 0.6) is 0 Å². The Bertz CT molecular complexity index is 2230. The van der Waals surface area contributed by atoms with Crippen LogP contribution in [0.15, 0.2) is 81.7 Å². The van der Waals surface area contributed by atoms with E-state index in [0.717, 1.165) is 0 Å². The standard InChI is InChI=1S/C31H22B4N8O2/c1-4-21(32)26(34)27(35)22(33)16-42-23(17(2)39-30(44)25-28(36)40-43-14-6-12-37-29(25)43)15-19-8-5-7-18(24(19)31(42)45)9-10-20-11-13-38-41(20)3/h1,5-8,11-15,17H,16H2,2-3H3,(H2,36,40)(H,39,44)/b26-21-,27-22-. The Morgan fingerprint density at radius 2 is 1.89 bits per heavy atom. The molecule has 3 N–H and O–H groups in total. The number of nitrogen functional groups attached to an aromatic ring is 1. The third-order valence-corrected chi connectivity index (χ3v) is 7.17. The van der Waals surface area contributed by atoms with E-state index in [2.05, 4.69) is 38.3 Å². The van der Waals surface area contributed by atoms with Crippen LogP contribution in [0.1, 0.15) is 40.3 Å². The lowest BCUT2D eigenvalue weighted by atomic mass is 9.66. The van der Waals surface area contributed by atoms with Crippen molar-refractivity contribution in [3.05, 3.63) is 110 Å². The molecule has 1 unspecified atom stereocenters. The molecule has 0 fully saturated rings. The monoisotopic (exact) mass is 582 g/mol. The largest absolute Gasteiger partial charge is 0.381 e. The van der Waals surface area contributed by atoms with Crippen LogP contribution in [0.2, 0.25) is 0 Å². The van der Waals surface area contributed by atoms with Crippen molar-refractivity contribution in [2.75, 3.05) is 5.73 Å². The molecule has 0 spiro atoms. The summed E-state index contributed by atoms with van der Waals surface area (Å²) in [7, 11) is 26.1. The molecule has 0 aliphatic heterocycles. The third kappa shape index (κ3) is 5.96. The molecule has 4 heterocycles. The summed E-state index contributed by atoms with van der Waals surface area (Å²) in [5, 5.41) is 12.1. The summed E-state index contributed by atoms with van der Waals surface area (Å²) in [6.07, 6.45) is 10.2. The number of fused-ring (bicyclic) bond motifs is 2. The molecule has 1 amide bonds. The molecule has 0 saturated heterocycles. The van der Waals surface area contributed by atoms with Gasteiger partial charge in [0.2, 0.25) is 0 Å². The number of nitrogens with two attached hydrogens (primary N) is 1. The second-order valence-corrected chi connectivity index (χ2v) is 10.1. The Labute approximate surface area is 264 Å². The van der Waals surface area contributed by atoms with Gasteiger partial charge in [-0.2, -0.15) is 5.10 Å². The summed E-state index contributed by atoms with van der Waals surface area (Å²) in [6, 6.07) is 9.77. The number of benzene rings is 1. The van der Waals surface area contributed by atoms with Gasteiger partial charge < -0.3 is 15.6 Å². The highest BCUT2D eigenvalue weighted by atomic mass is 16.2. The molecule has 0 aliphatic carbocycles. The summed E-state index contributed by atoms with van der Waals surface area (Å²) in [6.45, 7) is 1.50. The smallest absolute Gasteiger partial charge is 0.260 e. The lowest BCUT2D eigenvalue weighted by Crippen LogP contribution is -2.33. The third-order valence-electron chi connectivity index (χ3n) is 7.17. The fraction of sp³-hybridized carbons (Fsp3) is 0.129. The van der Waals surface area contributed by atoms with E-state index in [0.29, 0.717) is 27.7 Å². The van der Waals surface area contributed by atoms with Gasteiger partial charge >= 0.3 is 0 Å². The predicted octanol–water partition coefficient (Wildman–Crippen LogP) is 0.981. The molecule has 1 aromatic carbocycles. The average molecular weight is 582 g/mol. The van der Waals surface area contributed by atoms with Crippen molar-refractivity contribution in [2.45, 2.75) is 19.5 Å². The molecular weight excluding hydrogens is 560 g/mol. The van der Waals surface area contributed by atoms with Crippen molar-refractivity contribution in [3.63, 3.8) is 0 Å². The van der Waals surface area contributed by atoms with Crippen LogP contribution in [-0.2, 0) is 13.6 Å². The number of carbonyl (C=O) groups excluding carboxylic acids is 1. The Kier molecular flexibility index (Phi) is 8.60. The number of nitrogens with one attached hydrogen (secondary N) is 1. The minimum absolute atomic E-state index is 0.000689. The van der Waals surface area contributed by atoms with Crippen LogP contribution >= 0.6 is 0 Å². The molecule has 5 aromatic rings. The van der Waals surface area contributed by atoms with E-state index in [4.69, 9.17) is 43.5 Å². The van der Waals surface area contributed by atoms with E-state index in [1.165, 1.54) is 15.3 Å². The van der Waals surface area contributed by atoms with Crippen molar-refractivity contribution in [1.82, 2.24) is 34.3 Å². The summed E-state index contributed by atoms with van der Waals surface area (Å²) < 4.78 is 4.42. The second-order valence-electron chi connectivity index (χ2n) is 10.1. The lowest BCUT2D eigenvalue weighted by Gasteiger charge is -2.23. The van der Waals surface area contributed by atoms with Crippen LogP contribution < -0.4 is 16.6 Å². The average Bonchev–Trinajstić information content (AvgIpc) is 3.60. The number of anilines is 1. The van der Waals surface area contributed by atoms with Gasteiger partial charge in [0.25, 0.3) is 11.5 Å². The van der Waals surface area contributed by atoms with E-state index < -0.39 is 17.5 Å². The number of rotatable bonds is 6. The Morgan fingerprint density at radius 1 is 1.11 bits per heavy atom. The fourth-order valence-electron chi connectivity index (χ4n) is 4.79. The van der Waals surface area contributed by atoms with Crippen molar-refractivity contribution >= 4 is 59.5 Å². The number of aromatic nitrogens is 6. The molecule has 0 bridgehead atoms. The highest BCUT2D eigenvalue weighted by molar-refractivity contribution is 6.44. The first-order valence-electron chi connectivity index (χ1n) is 13.5. The van der Waals surface area contributed by atoms with Crippen molar-refractivity contribution in [3.8, 4) is 24.2 Å². The van der Waals surface area contributed by atoms with Crippen LogP contribution in [0, 0.1) is 24.2 Å². The van der Waals surface area contributed by atoms with E-state index >= 15 is 0 Å². The maximum absolute atomic E-state index is 14.3. The van der Waals surface area contributed by atoms with Crippen LogP contribution in [0.3, 0.4) is 0 Å². The number of allylic oxidation sites excluding steroid dienone is 4. The topological polar surface area (TPSA) is 125 Å².